The van der Waals surface area contributed by atoms with E-state index in [-0.39, 0.29) is 24.9 Å². The van der Waals surface area contributed by atoms with E-state index in [4.69, 9.17) is 9.47 Å². The first kappa shape index (κ1) is 36.2. The van der Waals surface area contributed by atoms with Crippen LogP contribution >= 0.6 is 15.9 Å². The van der Waals surface area contributed by atoms with Gasteiger partial charge in [-0.25, -0.2) is 4.79 Å². The lowest BCUT2D eigenvalue weighted by molar-refractivity contribution is -0.143. The third-order valence-corrected chi connectivity index (χ3v) is 12.2. The van der Waals surface area contributed by atoms with Crippen molar-refractivity contribution < 1.29 is 28.7 Å². The summed E-state index contributed by atoms with van der Waals surface area (Å²) in [6.07, 6.45) is 5.54. The molecule has 3 aromatic carbocycles. The van der Waals surface area contributed by atoms with Gasteiger partial charge in [0.15, 0.2) is 0 Å². The zero-order valence-corrected chi connectivity index (χ0v) is 32.5. The molecule has 1 heterocycles. The Morgan fingerprint density at radius 2 is 1.62 bits per heavy atom. The summed E-state index contributed by atoms with van der Waals surface area (Å²) >= 11 is 3.58. The molecule has 5 aliphatic rings. The van der Waals surface area contributed by atoms with E-state index < -0.39 is 35.1 Å². The molecular weight excluding hydrogens is 724 g/mol. The fourth-order valence-electron chi connectivity index (χ4n) is 9.53. The molecule has 4 bridgehead atoms. The number of nitrogens with one attached hydrogen (secondary N) is 1. The number of hydrogen-bond donors (Lipinski definition) is 1. The number of anilines is 2. The first-order valence-electron chi connectivity index (χ1n) is 18.4. The highest BCUT2D eigenvalue weighted by atomic mass is 79.9. The summed E-state index contributed by atoms with van der Waals surface area (Å²) in [5.74, 6) is 1.44. The molecule has 276 valence electrons. The Hall–Kier alpha value is -4.12. The lowest BCUT2D eigenvalue weighted by Crippen LogP contribution is -2.59. The van der Waals surface area contributed by atoms with Crippen LogP contribution in [0.2, 0.25) is 0 Å². The Morgan fingerprint density at radius 3 is 2.23 bits per heavy atom. The summed E-state index contributed by atoms with van der Waals surface area (Å²) in [6, 6.07) is 15.4. The number of amides is 4. The lowest BCUT2D eigenvalue weighted by Gasteiger charge is -2.56. The number of ether oxygens (including phenoxy) is 2. The topological polar surface area (TPSA) is 108 Å². The fourth-order valence-corrected chi connectivity index (χ4v) is 9.90. The van der Waals surface area contributed by atoms with Gasteiger partial charge in [-0.05, 0) is 125 Å². The van der Waals surface area contributed by atoms with Crippen LogP contribution in [0.15, 0.2) is 59.1 Å². The second kappa shape index (κ2) is 13.7. The molecule has 4 fully saturated rings. The van der Waals surface area contributed by atoms with E-state index in [0.717, 1.165) is 40.1 Å². The average Bonchev–Trinajstić information content (AvgIpc) is 3.20. The second-order valence-electron chi connectivity index (χ2n) is 16.5. The normalized spacial score (nSPS) is 25.7. The molecule has 0 unspecified atom stereocenters. The molecule has 3 aromatic rings. The third kappa shape index (κ3) is 6.76. The van der Waals surface area contributed by atoms with E-state index >= 15 is 4.79 Å². The molecule has 1 aliphatic heterocycles. The zero-order chi connectivity index (χ0) is 37.1. The van der Waals surface area contributed by atoms with Crippen LogP contribution in [0.3, 0.4) is 0 Å². The number of hydrogen-bond acceptors (Lipinski definition) is 6. The summed E-state index contributed by atoms with van der Waals surface area (Å²) in [4.78, 5) is 61.7. The van der Waals surface area contributed by atoms with Crippen LogP contribution < -0.4 is 19.9 Å². The summed E-state index contributed by atoms with van der Waals surface area (Å²) in [5.41, 5.74) is 0.818. The third-order valence-electron chi connectivity index (χ3n) is 11.7. The summed E-state index contributed by atoms with van der Waals surface area (Å²) in [6.45, 7) is 7.00. The molecule has 0 aromatic heterocycles. The van der Waals surface area contributed by atoms with Crippen molar-refractivity contribution in [1.82, 2.24) is 10.2 Å². The average molecular weight is 774 g/mol. The number of likely N-dealkylation sites (N-methyl/N-ethyl adjacent to an activating group) is 1. The molecule has 11 heteroatoms. The summed E-state index contributed by atoms with van der Waals surface area (Å²) in [5, 5.41) is 4.88. The first-order valence-corrected chi connectivity index (χ1v) is 19.2. The van der Waals surface area contributed by atoms with Crippen LogP contribution in [-0.4, -0.2) is 67.1 Å². The highest BCUT2D eigenvalue weighted by Gasteiger charge is 2.56. The molecule has 4 aliphatic carbocycles. The molecule has 2 atom stereocenters. The number of halogens is 1. The van der Waals surface area contributed by atoms with E-state index in [2.05, 4.69) is 21.2 Å². The molecule has 0 saturated heterocycles. The number of benzene rings is 3. The van der Waals surface area contributed by atoms with Crippen molar-refractivity contribution in [2.24, 2.45) is 23.2 Å². The van der Waals surface area contributed by atoms with E-state index in [1.807, 2.05) is 54.6 Å². The number of carbonyl (C=O) groups is 4. The number of carbonyl (C=O) groups excluding carboxylic acids is 4. The van der Waals surface area contributed by atoms with E-state index in [1.165, 1.54) is 31.2 Å². The van der Waals surface area contributed by atoms with Crippen LogP contribution in [0, 0.1) is 23.2 Å². The predicted octanol–water partition coefficient (Wildman–Crippen LogP) is 7.45. The Bertz CT molecular complexity index is 1890. The maximum absolute atomic E-state index is 15.1. The molecule has 52 heavy (non-hydrogen) atoms. The highest BCUT2D eigenvalue weighted by molar-refractivity contribution is 9.10. The molecule has 0 spiro atoms. The van der Waals surface area contributed by atoms with E-state index in [9.17, 15) is 14.4 Å². The van der Waals surface area contributed by atoms with Crippen molar-refractivity contribution in [3.63, 3.8) is 0 Å². The van der Waals surface area contributed by atoms with Crippen molar-refractivity contribution in [2.75, 3.05) is 30.5 Å². The van der Waals surface area contributed by atoms with Crippen LogP contribution in [0.25, 0.3) is 10.8 Å². The maximum Gasteiger partial charge on any atom is 0.410 e. The smallest absolute Gasteiger partial charge is 0.410 e. The van der Waals surface area contributed by atoms with Crippen molar-refractivity contribution in [3.8, 4) is 5.75 Å². The van der Waals surface area contributed by atoms with Crippen molar-refractivity contribution in [2.45, 2.75) is 90.4 Å². The Balaban J connectivity index is 1.29. The second-order valence-corrected chi connectivity index (χ2v) is 17.4. The quantitative estimate of drug-likeness (QED) is 0.268. The standard InChI is InChI=1S/C41H49BrN4O6/c1-24(44(5)39(50)52-40(2,3)4)36(47)43-32-23-46(38(49)41-19-25-15-26(20-41)17-27(16-25)21-41)34-10-8-7-9-33(34)45(37(32)48)22-31-30-13-12-29(42)18-28(30)11-14-35(31)51-6/h7-14,18,24-27,32H,15-17,19-23H2,1-6H3,(H,43,47)/t24-,25?,26?,27?,32-,41?/m0/s1. The van der Waals surface area contributed by atoms with Crippen LogP contribution in [0.5, 0.6) is 5.75 Å². The number of fused-ring (bicyclic) bond motifs is 2. The molecule has 4 saturated carbocycles. The lowest BCUT2D eigenvalue weighted by atomic mass is 9.49. The molecule has 10 nitrogen and oxygen atoms in total. The molecule has 4 amide bonds. The summed E-state index contributed by atoms with van der Waals surface area (Å²) in [7, 11) is 3.11. The van der Waals surface area contributed by atoms with Crippen LogP contribution in [-0.2, 0) is 25.7 Å². The maximum atomic E-state index is 15.1. The molecule has 1 N–H and O–H groups in total. The van der Waals surface area contributed by atoms with Gasteiger partial charge in [0.2, 0.25) is 11.8 Å². The van der Waals surface area contributed by atoms with E-state index in [0.29, 0.717) is 34.9 Å². The van der Waals surface area contributed by atoms with Crippen molar-refractivity contribution >= 4 is 61.9 Å². The minimum absolute atomic E-state index is 0.0266. The largest absolute Gasteiger partial charge is 0.496 e. The van der Waals surface area contributed by atoms with Gasteiger partial charge in [0.05, 0.1) is 37.0 Å². The fraction of sp³-hybridized carbons (Fsp3) is 0.512. The van der Waals surface area contributed by atoms with Crippen molar-refractivity contribution in [3.05, 3.63) is 64.6 Å². The van der Waals surface area contributed by atoms with Gasteiger partial charge in [-0.1, -0.05) is 40.2 Å². The van der Waals surface area contributed by atoms with Crippen LogP contribution in [0.1, 0.15) is 71.8 Å². The minimum Gasteiger partial charge on any atom is -0.496 e. The monoisotopic (exact) mass is 772 g/mol. The van der Waals surface area contributed by atoms with Gasteiger partial charge in [-0.15, -0.1) is 0 Å². The van der Waals surface area contributed by atoms with Gasteiger partial charge in [-0.3, -0.25) is 19.3 Å². The Kier molecular flexibility index (Phi) is 9.55. The van der Waals surface area contributed by atoms with E-state index in [1.54, 1.807) is 44.6 Å². The van der Waals surface area contributed by atoms with Gasteiger partial charge in [0.1, 0.15) is 23.4 Å². The number of para-hydroxylation sites is 2. The Labute approximate surface area is 314 Å². The summed E-state index contributed by atoms with van der Waals surface area (Å²) < 4.78 is 12.3. The zero-order valence-electron chi connectivity index (χ0n) is 30.9. The van der Waals surface area contributed by atoms with Gasteiger partial charge in [-0.2, -0.15) is 0 Å². The Morgan fingerprint density at radius 1 is 0.981 bits per heavy atom. The predicted molar refractivity (Wildman–Crippen MR) is 204 cm³/mol. The first-order chi connectivity index (χ1) is 24.7. The number of methoxy groups -OCH3 is 1. The molecular formula is C41H49BrN4O6. The number of rotatable bonds is 7. The van der Waals surface area contributed by atoms with Gasteiger partial charge >= 0.3 is 6.09 Å². The van der Waals surface area contributed by atoms with Gasteiger partial charge in [0.25, 0.3) is 5.91 Å². The molecule has 0 radical (unpaired) electrons. The van der Waals surface area contributed by atoms with Crippen LogP contribution in [0.4, 0.5) is 16.2 Å². The van der Waals surface area contributed by atoms with Gasteiger partial charge in [0, 0.05) is 17.1 Å². The number of nitrogens with zero attached hydrogens (tertiary/aromatic N) is 3. The SMILES string of the molecule is COc1ccc2cc(Br)ccc2c1CN1C(=O)[C@@H](NC(=O)[C@H](C)N(C)C(=O)OC(C)(C)C)CN(C(=O)C23CC4CC(CC(C4)C2)C3)c2ccccc21. The van der Waals surface area contributed by atoms with Gasteiger partial charge < -0.3 is 24.6 Å². The molecule has 8 rings (SSSR count). The highest BCUT2D eigenvalue weighted by Crippen LogP contribution is 2.61. The minimum atomic E-state index is -1.10. The van der Waals surface area contributed by atoms with Crippen molar-refractivity contribution in [1.29, 1.82) is 0 Å².